The van der Waals surface area contributed by atoms with Gasteiger partial charge in [-0.1, -0.05) is 26.2 Å². The molecule has 0 aliphatic heterocycles. The summed E-state index contributed by atoms with van der Waals surface area (Å²) in [6.45, 7) is 2.11. The molecule has 3 heteroatoms. The Bertz CT molecular complexity index is 277. The van der Waals surface area contributed by atoms with Gasteiger partial charge in [-0.05, 0) is 18.6 Å². The zero-order valence-corrected chi connectivity index (χ0v) is 9.11. The Morgan fingerprint density at radius 3 is 2.93 bits per heavy atom. The Morgan fingerprint density at radius 1 is 1.53 bits per heavy atom. The molecule has 0 fully saturated rings. The molecule has 1 N–H and O–H groups in total. The van der Waals surface area contributed by atoms with Gasteiger partial charge in [-0.3, -0.25) is 4.79 Å². The van der Waals surface area contributed by atoms with E-state index in [4.69, 9.17) is 4.42 Å². The molecular weight excluding hydrogens is 192 g/mol. The first kappa shape index (κ1) is 12.0. The summed E-state index contributed by atoms with van der Waals surface area (Å²) >= 11 is 0. The van der Waals surface area contributed by atoms with E-state index in [1.54, 1.807) is 12.1 Å². The molecule has 0 amide bonds. The van der Waals surface area contributed by atoms with Gasteiger partial charge in [0.05, 0.1) is 12.4 Å². The molecule has 1 aromatic heterocycles. The number of aliphatic hydroxyl groups excluding tert-OH is 1. The standard InChI is InChI=1S/C12H18O3/c1-2-3-4-6-10(13)9-11(14)12-7-5-8-15-12/h5,7-8,10,13H,2-4,6,9H2,1H3. The second-order valence-corrected chi connectivity index (χ2v) is 3.75. The molecule has 0 aliphatic carbocycles. The maximum atomic E-state index is 11.5. The fourth-order valence-corrected chi connectivity index (χ4v) is 1.48. The van der Waals surface area contributed by atoms with Gasteiger partial charge in [-0.25, -0.2) is 0 Å². The van der Waals surface area contributed by atoms with Gasteiger partial charge in [0.25, 0.3) is 0 Å². The highest BCUT2D eigenvalue weighted by molar-refractivity contribution is 5.93. The van der Waals surface area contributed by atoms with E-state index in [-0.39, 0.29) is 12.2 Å². The van der Waals surface area contributed by atoms with Crippen LogP contribution in [0.25, 0.3) is 0 Å². The van der Waals surface area contributed by atoms with Gasteiger partial charge < -0.3 is 9.52 Å². The summed E-state index contributed by atoms with van der Waals surface area (Å²) < 4.78 is 4.96. The highest BCUT2D eigenvalue weighted by Crippen LogP contribution is 2.11. The average molecular weight is 210 g/mol. The third-order valence-electron chi connectivity index (χ3n) is 2.36. The van der Waals surface area contributed by atoms with Crippen molar-refractivity contribution < 1.29 is 14.3 Å². The lowest BCUT2D eigenvalue weighted by atomic mass is 10.0. The number of carbonyl (C=O) groups excluding carboxylic acids is 1. The molecule has 3 nitrogen and oxygen atoms in total. The Labute approximate surface area is 90.1 Å². The summed E-state index contributed by atoms with van der Waals surface area (Å²) in [5.41, 5.74) is 0. The van der Waals surface area contributed by atoms with Crippen LogP contribution in [0, 0.1) is 0 Å². The largest absolute Gasteiger partial charge is 0.461 e. The average Bonchev–Trinajstić information content (AvgIpc) is 2.70. The molecule has 1 heterocycles. The van der Waals surface area contributed by atoms with Crippen LogP contribution in [-0.4, -0.2) is 17.0 Å². The van der Waals surface area contributed by atoms with Crippen molar-refractivity contribution in [3.8, 4) is 0 Å². The summed E-state index contributed by atoms with van der Waals surface area (Å²) in [7, 11) is 0. The van der Waals surface area contributed by atoms with Crippen molar-refractivity contribution in [2.75, 3.05) is 0 Å². The number of hydrogen-bond donors (Lipinski definition) is 1. The Balaban J connectivity index is 2.26. The van der Waals surface area contributed by atoms with Crippen LogP contribution < -0.4 is 0 Å². The smallest absolute Gasteiger partial charge is 0.200 e. The van der Waals surface area contributed by atoms with Crippen molar-refractivity contribution >= 4 is 5.78 Å². The molecule has 0 saturated carbocycles. The number of rotatable bonds is 7. The van der Waals surface area contributed by atoms with Crippen molar-refractivity contribution in [1.29, 1.82) is 0 Å². The van der Waals surface area contributed by atoms with Crippen molar-refractivity contribution in [3.63, 3.8) is 0 Å². The van der Waals surface area contributed by atoms with Crippen LogP contribution in [0.15, 0.2) is 22.8 Å². The molecule has 1 aromatic rings. The molecule has 0 spiro atoms. The van der Waals surface area contributed by atoms with Crippen LogP contribution in [0.2, 0.25) is 0 Å². The van der Waals surface area contributed by atoms with Gasteiger partial charge in [0.15, 0.2) is 5.76 Å². The summed E-state index contributed by atoms with van der Waals surface area (Å²) in [5.74, 6) is 0.216. The van der Waals surface area contributed by atoms with Crippen molar-refractivity contribution in [3.05, 3.63) is 24.2 Å². The molecule has 0 aliphatic rings. The second kappa shape index (κ2) is 6.40. The monoisotopic (exact) mass is 210 g/mol. The third-order valence-corrected chi connectivity index (χ3v) is 2.36. The van der Waals surface area contributed by atoms with Crippen LogP contribution in [0.4, 0.5) is 0 Å². The second-order valence-electron chi connectivity index (χ2n) is 3.75. The number of unbranched alkanes of at least 4 members (excludes halogenated alkanes) is 2. The van der Waals surface area contributed by atoms with Crippen molar-refractivity contribution in [1.82, 2.24) is 0 Å². The topological polar surface area (TPSA) is 50.4 Å². The summed E-state index contributed by atoms with van der Waals surface area (Å²) in [6, 6.07) is 3.30. The Morgan fingerprint density at radius 2 is 2.33 bits per heavy atom. The molecule has 1 unspecified atom stereocenters. The Kier molecular flexibility index (Phi) is 5.12. The lowest BCUT2D eigenvalue weighted by molar-refractivity contribution is 0.0837. The highest BCUT2D eigenvalue weighted by atomic mass is 16.3. The number of aliphatic hydroxyl groups is 1. The minimum atomic E-state index is -0.533. The zero-order valence-electron chi connectivity index (χ0n) is 9.11. The predicted octanol–water partition coefficient (Wildman–Crippen LogP) is 2.79. The fourth-order valence-electron chi connectivity index (χ4n) is 1.48. The molecule has 1 rings (SSSR count). The van der Waals surface area contributed by atoms with Gasteiger partial charge in [0.2, 0.25) is 5.78 Å². The molecule has 0 radical (unpaired) electrons. The number of furan rings is 1. The maximum Gasteiger partial charge on any atom is 0.200 e. The van der Waals surface area contributed by atoms with Crippen molar-refractivity contribution in [2.24, 2.45) is 0 Å². The third kappa shape index (κ3) is 4.30. The van der Waals surface area contributed by atoms with Crippen LogP contribution in [0.5, 0.6) is 0 Å². The SMILES string of the molecule is CCCCCC(O)CC(=O)c1ccco1. The van der Waals surface area contributed by atoms with Crippen LogP contribution >= 0.6 is 0 Å². The van der Waals surface area contributed by atoms with Gasteiger partial charge in [0.1, 0.15) is 0 Å². The number of hydrogen-bond acceptors (Lipinski definition) is 3. The van der Waals surface area contributed by atoms with Gasteiger partial charge >= 0.3 is 0 Å². The lowest BCUT2D eigenvalue weighted by Gasteiger charge is -2.07. The molecular formula is C12H18O3. The molecule has 0 aromatic carbocycles. The number of Topliss-reactive ketones (excluding diaryl/α,β-unsaturated/α-hetero) is 1. The maximum absolute atomic E-state index is 11.5. The summed E-state index contributed by atoms with van der Waals surface area (Å²) in [4.78, 5) is 11.5. The fraction of sp³-hybridized carbons (Fsp3) is 0.583. The minimum absolute atomic E-state index is 0.121. The van der Waals surface area contributed by atoms with Gasteiger partial charge in [-0.2, -0.15) is 0 Å². The Hall–Kier alpha value is -1.09. The van der Waals surface area contributed by atoms with E-state index in [2.05, 4.69) is 6.92 Å². The zero-order chi connectivity index (χ0) is 11.1. The van der Waals surface area contributed by atoms with Gasteiger partial charge in [-0.15, -0.1) is 0 Å². The van der Waals surface area contributed by atoms with E-state index in [9.17, 15) is 9.90 Å². The molecule has 84 valence electrons. The molecule has 15 heavy (non-hydrogen) atoms. The summed E-state index contributed by atoms with van der Waals surface area (Å²) in [5, 5.41) is 9.58. The van der Waals surface area contributed by atoms with E-state index in [0.29, 0.717) is 12.2 Å². The molecule has 0 saturated heterocycles. The normalized spacial score (nSPS) is 12.7. The summed E-state index contributed by atoms with van der Waals surface area (Å²) in [6.07, 6.45) is 5.00. The first-order valence-corrected chi connectivity index (χ1v) is 5.48. The number of ketones is 1. The molecule has 1 atom stereocenters. The highest BCUT2D eigenvalue weighted by Gasteiger charge is 2.14. The predicted molar refractivity (Wildman–Crippen MR) is 57.8 cm³/mol. The number of carbonyl (C=O) groups is 1. The van der Waals surface area contributed by atoms with Crippen molar-refractivity contribution in [2.45, 2.75) is 45.1 Å². The van der Waals surface area contributed by atoms with E-state index in [0.717, 1.165) is 19.3 Å². The van der Waals surface area contributed by atoms with E-state index in [1.807, 2.05) is 0 Å². The van der Waals surface area contributed by atoms with Crippen LogP contribution in [0.1, 0.15) is 49.6 Å². The van der Waals surface area contributed by atoms with E-state index < -0.39 is 6.10 Å². The minimum Gasteiger partial charge on any atom is -0.461 e. The first-order chi connectivity index (χ1) is 7.24. The first-order valence-electron chi connectivity index (χ1n) is 5.48. The van der Waals surface area contributed by atoms with Gasteiger partial charge in [0, 0.05) is 6.42 Å². The van der Waals surface area contributed by atoms with E-state index >= 15 is 0 Å². The van der Waals surface area contributed by atoms with E-state index in [1.165, 1.54) is 6.26 Å². The lowest BCUT2D eigenvalue weighted by Crippen LogP contribution is -2.13. The van der Waals surface area contributed by atoms with Crippen LogP contribution in [0.3, 0.4) is 0 Å². The molecule has 0 bridgehead atoms. The van der Waals surface area contributed by atoms with Crippen LogP contribution in [-0.2, 0) is 0 Å². The quantitative estimate of drug-likeness (QED) is 0.556.